The number of nitrogens with two attached hydrogens (primary N) is 1. The first kappa shape index (κ1) is 27.2. The number of aryl methyl sites for hydroxylation is 1. The minimum absolute atomic E-state index is 0.0166. The van der Waals surface area contributed by atoms with Gasteiger partial charge < -0.3 is 25.3 Å². The number of fused-ring (bicyclic) bond motifs is 2. The summed E-state index contributed by atoms with van der Waals surface area (Å²) in [6.07, 6.45) is 8.79. The zero-order valence-corrected chi connectivity index (χ0v) is 24.6. The standard InChI is InChI=1S/C32H45N7O/c1-6-38(17-21-15-27(29(40)19(21)2)39-12-11-24-30(33)34-18-35-31(24)39)23-13-20(14-23)7-10-28-36-25-9-8-22(32(3,4)5)16-26(25)37-28/h8-9,11-12,16,18-21,23,27,29,40H,6-7,10,13-15,17H2,1-5H3,(H,36,37)(H2,33,34,35). The number of hydrogen-bond donors (Lipinski definition) is 3. The molecule has 3 aromatic heterocycles. The number of nitrogens with one attached hydrogen (secondary N) is 1. The summed E-state index contributed by atoms with van der Waals surface area (Å²) in [5, 5.41) is 12.1. The normalized spacial score (nSPS) is 27.2. The number of aliphatic hydroxyl groups is 1. The minimum Gasteiger partial charge on any atom is -0.391 e. The van der Waals surface area contributed by atoms with E-state index in [0.29, 0.717) is 17.8 Å². The number of aromatic nitrogens is 5. The predicted molar refractivity (Wildman–Crippen MR) is 161 cm³/mol. The molecule has 0 bridgehead atoms. The smallest absolute Gasteiger partial charge is 0.145 e. The molecule has 4 aromatic rings. The van der Waals surface area contributed by atoms with E-state index in [2.05, 4.69) is 77.2 Å². The summed E-state index contributed by atoms with van der Waals surface area (Å²) in [7, 11) is 0. The van der Waals surface area contributed by atoms with E-state index in [-0.39, 0.29) is 17.4 Å². The van der Waals surface area contributed by atoms with Crippen LogP contribution in [0, 0.1) is 17.8 Å². The second kappa shape index (κ2) is 10.5. The van der Waals surface area contributed by atoms with Crippen molar-refractivity contribution in [3.05, 3.63) is 48.2 Å². The average molecular weight is 544 g/mol. The van der Waals surface area contributed by atoms with Gasteiger partial charge in [0.1, 0.15) is 23.6 Å². The van der Waals surface area contributed by atoms with Crippen molar-refractivity contribution < 1.29 is 5.11 Å². The van der Waals surface area contributed by atoms with Gasteiger partial charge in [0.25, 0.3) is 0 Å². The second-order valence-corrected chi connectivity index (χ2v) is 13.4. The molecular formula is C32H45N7O. The molecule has 0 spiro atoms. The van der Waals surface area contributed by atoms with Gasteiger partial charge >= 0.3 is 0 Å². The lowest BCUT2D eigenvalue weighted by Crippen LogP contribution is -2.47. The van der Waals surface area contributed by atoms with Crippen molar-refractivity contribution in [1.82, 2.24) is 29.4 Å². The van der Waals surface area contributed by atoms with Gasteiger partial charge in [-0.2, -0.15) is 0 Å². The molecule has 4 unspecified atom stereocenters. The van der Waals surface area contributed by atoms with Crippen LogP contribution >= 0.6 is 0 Å². The maximum Gasteiger partial charge on any atom is 0.145 e. The van der Waals surface area contributed by atoms with E-state index < -0.39 is 6.10 Å². The lowest BCUT2D eigenvalue weighted by molar-refractivity contribution is 0.0495. The van der Waals surface area contributed by atoms with Crippen molar-refractivity contribution >= 4 is 27.9 Å². The van der Waals surface area contributed by atoms with E-state index in [4.69, 9.17) is 10.7 Å². The number of nitrogen functional groups attached to an aromatic ring is 1. The summed E-state index contributed by atoms with van der Waals surface area (Å²) in [6.45, 7) is 13.3. The highest BCUT2D eigenvalue weighted by Crippen LogP contribution is 2.43. The van der Waals surface area contributed by atoms with E-state index in [1.165, 1.54) is 31.2 Å². The first-order chi connectivity index (χ1) is 19.1. The SMILES string of the molecule is CCN(CC1CC(n2ccc3c(N)ncnc32)C(O)C1C)C1CC(CCc2nc3ccc(C(C)(C)C)cc3[nH]2)C1. The average Bonchev–Trinajstić information content (AvgIpc) is 3.58. The third-order valence-corrected chi connectivity index (χ3v) is 9.91. The Bertz CT molecular complexity index is 1480. The zero-order chi connectivity index (χ0) is 28.2. The largest absolute Gasteiger partial charge is 0.391 e. The van der Waals surface area contributed by atoms with E-state index in [0.717, 1.165) is 59.7 Å². The van der Waals surface area contributed by atoms with Gasteiger partial charge in [-0.3, -0.25) is 0 Å². The maximum absolute atomic E-state index is 11.2. The summed E-state index contributed by atoms with van der Waals surface area (Å²) < 4.78 is 2.12. The fourth-order valence-corrected chi connectivity index (χ4v) is 7.13. The Balaban J connectivity index is 1.03. The Morgan fingerprint density at radius 2 is 1.95 bits per heavy atom. The quantitative estimate of drug-likeness (QED) is 0.272. The molecule has 3 heterocycles. The molecule has 0 radical (unpaired) electrons. The number of hydrogen-bond acceptors (Lipinski definition) is 6. The number of aromatic amines is 1. The number of rotatable bonds is 8. The number of aliphatic hydroxyl groups excluding tert-OH is 1. The van der Waals surface area contributed by atoms with Gasteiger partial charge in [-0.1, -0.05) is 40.7 Å². The number of nitrogens with zero attached hydrogens (tertiary/aromatic N) is 5. The molecule has 0 saturated heterocycles. The van der Waals surface area contributed by atoms with Crippen molar-refractivity contribution in [2.45, 2.75) is 90.3 Å². The van der Waals surface area contributed by atoms with Gasteiger partial charge in [-0.15, -0.1) is 0 Å². The van der Waals surface area contributed by atoms with E-state index >= 15 is 0 Å². The van der Waals surface area contributed by atoms with Crippen molar-refractivity contribution in [2.75, 3.05) is 18.8 Å². The summed E-state index contributed by atoms with van der Waals surface area (Å²) in [6, 6.07) is 9.25. The van der Waals surface area contributed by atoms with Crippen LogP contribution in [0.15, 0.2) is 36.8 Å². The zero-order valence-electron chi connectivity index (χ0n) is 24.6. The highest BCUT2D eigenvalue weighted by molar-refractivity contribution is 5.86. The van der Waals surface area contributed by atoms with Gasteiger partial charge in [0, 0.05) is 25.2 Å². The van der Waals surface area contributed by atoms with Gasteiger partial charge in [-0.05, 0) is 79.2 Å². The molecule has 1 aromatic carbocycles. The fourth-order valence-electron chi connectivity index (χ4n) is 7.13. The third kappa shape index (κ3) is 5.00. The molecule has 4 atom stereocenters. The maximum atomic E-state index is 11.2. The van der Waals surface area contributed by atoms with Crippen LogP contribution < -0.4 is 5.73 Å². The molecule has 2 aliphatic carbocycles. The fraction of sp³-hybridized carbons (Fsp3) is 0.594. The van der Waals surface area contributed by atoms with E-state index in [1.807, 2.05) is 12.3 Å². The van der Waals surface area contributed by atoms with Crippen LogP contribution in [0.1, 0.15) is 77.7 Å². The van der Waals surface area contributed by atoms with Crippen LogP contribution in [0.3, 0.4) is 0 Å². The summed E-state index contributed by atoms with van der Waals surface area (Å²) in [5.74, 6) is 3.05. The first-order valence-corrected chi connectivity index (χ1v) is 15.1. The second-order valence-electron chi connectivity index (χ2n) is 13.4. The van der Waals surface area contributed by atoms with E-state index in [9.17, 15) is 5.11 Å². The highest BCUT2D eigenvalue weighted by Gasteiger charge is 2.43. The topological polar surface area (TPSA) is 109 Å². The van der Waals surface area contributed by atoms with Crippen molar-refractivity contribution in [1.29, 1.82) is 0 Å². The van der Waals surface area contributed by atoms with Crippen molar-refractivity contribution in [3.63, 3.8) is 0 Å². The Morgan fingerprint density at radius 1 is 1.15 bits per heavy atom. The molecular weight excluding hydrogens is 498 g/mol. The lowest BCUT2D eigenvalue weighted by Gasteiger charge is -2.44. The third-order valence-electron chi connectivity index (χ3n) is 9.91. The number of benzene rings is 1. The van der Waals surface area contributed by atoms with Gasteiger partial charge in [0.05, 0.1) is 28.6 Å². The Morgan fingerprint density at radius 3 is 2.70 bits per heavy atom. The number of imidazole rings is 1. The Kier molecular flexibility index (Phi) is 7.11. The van der Waals surface area contributed by atoms with Crippen LogP contribution in [-0.4, -0.2) is 59.7 Å². The molecule has 40 heavy (non-hydrogen) atoms. The van der Waals surface area contributed by atoms with Gasteiger partial charge in [0.15, 0.2) is 0 Å². The number of H-pyrrole nitrogens is 1. The molecule has 0 aliphatic heterocycles. The molecule has 8 heteroatoms. The molecule has 2 saturated carbocycles. The number of anilines is 1. The first-order valence-electron chi connectivity index (χ1n) is 15.1. The molecule has 2 aliphatic rings. The van der Waals surface area contributed by atoms with E-state index in [1.54, 1.807) is 0 Å². The minimum atomic E-state index is -0.395. The molecule has 6 rings (SSSR count). The molecule has 2 fully saturated rings. The Hall–Kier alpha value is -2.97. The Labute approximate surface area is 237 Å². The van der Waals surface area contributed by atoms with Crippen molar-refractivity contribution in [3.8, 4) is 0 Å². The van der Waals surface area contributed by atoms with Gasteiger partial charge in [-0.25, -0.2) is 15.0 Å². The van der Waals surface area contributed by atoms with Crippen molar-refractivity contribution in [2.24, 2.45) is 17.8 Å². The molecule has 0 amide bonds. The molecule has 214 valence electrons. The van der Waals surface area contributed by atoms with Gasteiger partial charge in [0.2, 0.25) is 0 Å². The van der Waals surface area contributed by atoms with Crippen LogP contribution in [0.4, 0.5) is 5.82 Å². The van der Waals surface area contributed by atoms with Crippen LogP contribution in [-0.2, 0) is 11.8 Å². The predicted octanol–water partition coefficient (Wildman–Crippen LogP) is 5.48. The molecule has 8 nitrogen and oxygen atoms in total. The summed E-state index contributed by atoms with van der Waals surface area (Å²) in [5.41, 5.74) is 10.6. The highest BCUT2D eigenvalue weighted by atomic mass is 16.3. The van der Waals surface area contributed by atoms with Crippen LogP contribution in [0.5, 0.6) is 0 Å². The van der Waals surface area contributed by atoms with Crippen LogP contribution in [0.2, 0.25) is 0 Å². The monoisotopic (exact) mass is 543 g/mol. The summed E-state index contributed by atoms with van der Waals surface area (Å²) >= 11 is 0. The lowest BCUT2D eigenvalue weighted by atomic mass is 9.76. The van der Waals surface area contributed by atoms with Crippen LogP contribution in [0.25, 0.3) is 22.1 Å². The molecule has 4 N–H and O–H groups in total. The summed E-state index contributed by atoms with van der Waals surface area (Å²) in [4.78, 5) is 19.7.